The molecule has 1 atom stereocenters. The van der Waals surface area contributed by atoms with Crippen LogP contribution in [0.5, 0.6) is 5.75 Å². The van der Waals surface area contributed by atoms with Crippen molar-refractivity contribution in [2.45, 2.75) is 37.7 Å². The maximum absolute atomic E-state index is 12.3. The molecule has 0 spiro atoms. The molecule has 28 heavy (non-hydrogen) atoms. The Hall–Kier alpha value is -1.37. The number of benzene rings is 1. The third-order valence-corrected chi connectivity index (χ3v) is 6.46. The van der Waals surface area contributed by atoms with E-state index in [0.29, 0.717) is 12.5 Å². The summed E-state index contributed by atoms with van der Waals surface area (Å²) in [7, 11) is 0.899. The van der Waals surface area contributed by atoms with Gasteiger partial charge in [-0.1, -0.05) is 14.8 Å². The number of ether oxygens (including phenoxy) is 1. The molecule has 0 bridgehead atoms. The molecule has 1 saturated carbocycles. The largest absolute Gasteiger partial charge is 0.573 e. The van der Waals surface area contributed by atoms with E-state index in [4.69, 9.17) is 0 Å². The van der Waals surface area contributed by atoms with Gasteiger partial charge in [0.2, 0.25) is 0 Å². The minimum absolute atomic E-state index is 0.168. The van der Waals surface area contributed by atoms with Crippen LogP contribution < -0.4 is 15.1 Å². The minimum Gasteiger partial charge on any atom is -0.406 e. The first-order valence-corrected chi connectivity index (χ1v) is 10.8. The summed E-state index contributed by atoms with van der Waals surface area (Å²) in [4.78, 5) is 14.7. The molecule has 1 saturated heterocycles. The summed E-state index contributed by atoms with van der Waals surface area (Å²) in [5, 5.41) is 6.37. The van der Waals surface area contributed by atoms with Crippen LogP contribution in [0.15, 0.2) is 24.3 Å². The van der Waals surface area contributed by atoms with Crippen LogP contribution in [0, 0.1) is 5.92 Å². The number of likely N-dealkylation sites (tertiary alicyclic amines) is 1. The van der Waals surface area contributed by atoms with Gasteiger partial charge in [-0.15, -0.1) is 13.2 Å². The maximum atomic E-state index is 12.3. The summed E-state index contributed by atoms with van der Waals surface area (Å²) >= 11 is 0. The van der Waals surface area contributed by atoms with Crippen LogP contribution in [0.2, 0.25) is 0 Å². The van der Waals surface area contributed by atoms with Crippen LogP contribution in [0.3, 0.4) is 0 Å². The molecular weight excluding hydrogens is 390 g/mol. The summed E-state index contributed by atoms with van der Waals surface area (Å²) in [6.45, 7) is 4.67. The lowest BCUT2D eigenvalue weighted by molar-refractivity contribution is -0.274. The summed E-state index contributed by atoms with van der Waals surface area (Å²) in [5.41, 5.74) is 1.09. The second-order valence-electron chi connectivity index (χ2n) is 7.42. The highest BCUT2D eigenvalue weighted by molar-refractivity contribution is 7.36. The van der Waals surface area contributed by atoms with Crippen molar-refractivity contribution in [1.29, 1.82) is 0 Å². The van der Waals surface area contributed by atoms with Gasteiger partial charge in [-0.25, -0.2) is 0 Å². The van der Waals surface area contributed by atoms with E-state index in [9.17, 15) is 18.0 Å². The summed E-state index contributed by atoms with van der Waals surface area (Å²) in [6, 6.07) is 5.16. The van der Waals surface area contributed by atoms with Gasteiger partial charge in [0.25, 0.3) is 5.91 Å². The van der Waals surface area contributed by atoms with E-state index in [2.05, 4.69) is 20.0 Å². The first-order valence-electron chi connectivity index (χ1n) is 9.74. The van der Waals surface area contributed by atoms with Crippen LogP contribution in [0.4, 0.5) is 13.2 Å². The third-order valence-electron chi connectivity index (χ3n) is 5.02. The maximum Gasteiger partial charge on any atom is 0.573 e. The molecule has 1 aliphatic heterocycles. The highest BCUT2D eigenvalue weighted by atomic mass is 31.1. The molecule has 0 aromatic heterocycles. The predicted octanol–water partition coefficient (Wildman–Crippen LogP) is 3.37. The zero-order valence-electron chi connectivity index (χ0n) is 15.7. The van der Waals surface area contributed by atoms with Gasteiger partial charge in [0.1, 0.15) is 5.75 Å². The average Bonchev–Trinajstić information content (AvgIpc) is 3.47. The molecule has 1 unspecified atom stereocenters. The lowest BCUT2D eigenvalue weighted by atomic mass is 9.96. The fourth-order valence-electron chi connectivity index (χ4n) is 3.25. The van der Waals surface area contributed by atoms with E-state index < -0.39 is 6.36 Å². The van der Waals surface area contributed by atoms with Crippen molar-refractivity contribution in [2.24, 2.45) is 5.92 Å². The molecule has 5 nitrogen and oxygen atoms in total. The molecule has 1 heterocycles. The normalized spacial score (nSPS) is 19.2. The fraction of sp³-hybridized carbons (Fsp3) is 0.632. The number of hydrogen-bond acceptors (Lipinski definition) is 4. The Morgan fingerprint density at radius 1 is 1.21 bits per heavy atom. The lowest BCUT2D eigenvalue weighted by Gasteiger charge is -2.32. The molecule has 2 N–H and O–H groups in total. The van der Waals surface area contributed by atoms with Crippen molar-refractivity contribution in [2.75, 3.05) is 32.7 Å². The Labute approximate surface area is 165 Å². The molecule has 1 aliphatic carbocycles. The molecule has 156 valence electrons. The van der Waals surface area contributed by atoms with Crippen LogP contribution >= 0.6 is 8.73 Å². The lowest BCUT2D eigenvalue weighted by Crippen LogP contribution is -2.40. The molecule has 1 aromatic rings. The number of amides is 1. The molecule has 2 aliphatic rings. The molecule has 0 radical (unpaired) electrons. The number of nitrogens with zero attached hydrogens (tertiary/aromatic N) is 1. The predicted molar refractivity (Wildman–Crippen MR) is 104 cm³/mol. The van der Waals surface area contributed by atoms with Crippen molar-refractivity contribution in [1.82, 2.24) is 15.3 Å². The number of hydrogen-bond donors (Lipinski definition) is 2. The Balaban J connectivity index is 1.34. The van der Waals surface area contributed by atoms with E-state index in [-0.39, 0.29) is 17.2 Å². The van der Waals surface area contributed by atoms with E-state index in [0.717, 1.165) is 59.5 Å². The van der Waals surface area contributed by atoms with Crippen molar-refractivity contribution >= 4 is 14.6 Å². The van der Waals surface area contributed by atoms with Gasteiger partial charge in [-0.05, 0) is 68.5 Å². The van der Waals surface area contributed by atoms with Crippen LogP contribution in [-0.4, -0.2) is 55.6 Å². The zero-order chi connectivity index (χ0) is 20.0. The van der Waals surface area contributed by atoms with Gasteiger partial charge in [-0.3, -0.25) is 9.88 Å². The Morgan fingerprint density at radius 2 is 1.96 bits per heavy atom. The molecule has 1 aromatic carbocycles. The quantitative estimate of drug-likeness (QED) is 0.478. The Morgan fingerprint density at radius 3 is 2.64 bits per heavy atom. The smallest absolute Gasteiger partial charge is 0.406 e. The Kier molecular flexibility index (Phi) is 7.55. The number of alkyl halides is 3. The van der Waals surface area contributed by atoms with Crippen molar-refractivity contribution in [3.05, 3.63) is 29.8 Å². The van der Waals surface area contributed by atoms with Gasteiger partial charge in [-0.2, -0.15) is 0 Å². The summed E-state index contributed by atoms with van der Waals surface area (Å²) in [5.74, 6) is -0.360. The number of rotatable bonds is 9. The van der Waals surface area contributed by atoms with Crippen LogP contribution in [0.1, 0.15) is 36.0 Å². The van der Waals surface area contributed by atoms with E-state index in [1.54, 1.807) is 0 Å². The number of halogens is 3. The first kappa shape index (κ1) is 21.3. The minimum atomic E-state index is -4.77. The third kappa shape index (κ3) is 7.57. The van der Waals surface area contributed by atoms with Gasteiger partial charge in [0.15, 0.2) is 0 Å². The van der Waals surface area contributed by atoms with Gasteiger partial charge in [0.05, 0.1) is 0 Å². The van der Waals surface area contributed by atoms with Gasteiger partial charge < -0.3 is 15.0 Å². The zero-order valence-corrected chi connectivity index (χ0v) is 16.7. The second-order valence-corrected chi connectivity index (χ2v) is 8.87. The monoisotopic (exact) mass is 417 g/mol. The fourth-order valence-corrected chi connectivity index (χ4v) is 4.25. The number of carbonyl (C=O) groups is 1. The Bertz CT molecular complexity index is 648. The van der Waals surface area contributed by atoms with E-state index in [1.807, 2.05) is 0 Å². The van der Waals surface area contributed by atoms with E-state index >= 15 is 0 Å². The molecule has 1 amide bonds. The van der Waals surface area contributed by atoms with Gasteiger partial charge in [0, 0.05) is 25.2 Å². The molecule has 9 heteroatoms. The first-order chi connectivity index (χ1) is 13.4. The van der Waals surface area contributed by atoms with Gasteiger partial charge >= 0.3 is 6.36 Å². The highest BCUT2D eigenvalue weighted by Gasteiger charge is 2.31. The topological polar surface area (TPSA) is 53.6 Å². The average molecular weight is 417 g/mol. The van der Waals surface area contributed by atoms with Crippen molar-refractivity contribution in [3.63, 3.8) is 0 Å². The molecule has 2 fully saturated rings. The van der Waals surface area contributed by atoms with E-state index in [1.165, 1.54) is 31.0 Å². The molecule has 3 rings (SSSR count). The molecular formula is C19H27F3N3O2P. The number of nitrogens with one attached hydrogen (secondary N) is 2. The summed E-state index contributed by atoms with van der Waals surface area (Å²) < 4.78 is 40.8. The summed E-state index contributed by atoms with van der Waals surface area (Å²) in [6.07, 6.45) is 0.0200. The second kappa shape index (κ2) is 9.90. The number of piperidine rings is 1. The van der Waals surface area contributed by atoms with Crippen molar-refractivity contribution < 1.29 is 22.7 Å². The SMILES string of the molecule is O=C(NCC1CCN(CCNPC2CC2)CC1)c1cccc(OC(F)(F)F)c1. The number of carbonyl (C=O) groups excluding carboxylic acids is 1. The highest BCUT2D eigenvalue weighted by Crippen LogP contribution is 2.36. The van der Waals surface area contributed by atoms with Crippen LogP contribution in [-0.2, 0) is 0 Å². The van der Waals surface area contributed by atoms with Crippen LogP contribution in [0.25, 0.3) is 0 Å². The van der Waals surface area contributed by atoms with Crippen molar-refractivity contribution in [3.8, 4) is 5.75 Å². The standard InChI is InChI=1S/C19H27F3N3O2P/c20-19(21,22)27-16-3-1-2-15(12-16)18(26)23-13-14-6-9-25(10-7-14)11-8-24-28-17-4-5-17/h1-3,12,14,17,24,28H,4-11,13H2,(H,23,26).